The second kappa shape index (κ2) is 6.38. The van der Waals surface area contributed by atoms with E-state index in [0.717, 1.165) is 0 Å². The number of rotatable bonds is 4. The summed E-state index contributed by atoms with van der Waals surface area (Å²) in [5, 5.41) is 18.1. The van der Waals surface area contributed by atoms with Crippen LogP contribution < -0.4 is 0 Å². The van der Waals surface area contributed by atoms with Gasteiger partial charge in [-0.3, -0.25) is 4.79 Å². The summed E-state index contributed by atoms with van der Waals surface area (Å²) in [6.45, 7) is 1.83. The van der Waals surface area contributed by atoms with Gasteiger partial charge < -0.3 is 9.84 Å². The number of aliphatic hydroxyl groups is 1. The topological polar surface area (TPSA) is 70.3 Å². The van der Waals surface area contributed by atoms with Crippen LogP contribution in [0, 0.1) is 11.3 Å². The van der Waals surface area contributed by atoms with Crippen molar-refractivity contribution in [2.24, 2.45) is 0 Å². The highest BCUT2D eigenvalue weighted by Gasteiger charge is 2.13. The predicted octanol–water partition coefficient (Wildman–Crippen LogP) is 1.92. The van der Waals surface area contributed by atoms with Crippen LogP contribution in [0.4, 0.5) is 0 Å². The summed E-state index contributed by atoms with van der Waals surface area (Å²) in [5.41, 5.74) is 1.65. The summed E-state index contributed by atoms with van der Waals surface area (Å²) in [4.78, 5) is 11.4. The van der Waals surface area contributed by atoms with Crippen molar-refractivity contribution in [1.82, 2.24) is 0 Å². The highest BCUT2D eigenvalue weighted by atomic mass is 79.9. The van der Waals surface area contributed by atoms with Gasteiger partial charge >= 0.3 is 5.97 Å². The van der Waals surface area contributed by atoms with E-state index >= 15 is 0 Å². The van der Waals surface area contributed by atoms with E-state index in [-0.39, 0.29) is 19.0 Å². The minimum absolute atomic E-state index is 0.0913. The molecule has 0 fully saturated rings. The van der Waals surface area contributed by atoms with Crippen molar-refractivity contribution < 1.29 is 14.6 Å². The Morgan fingerprint density at radius 3 is 2.82 bits per heavy atom. The van der Waals surface area contributed by atoms with Crippen molar-refractivity contribution in [2.75, 3.05) is 6.61 Å². The molecule has 90 valence electrons. The lowest BCUT2D eigenvalue weighted by molar-refractivity contribution is -0.142. The van der Waals surface area contributed by atoms with Gasteiger partial charge in [0, 0.05) is 4.47 Å². The molecule has 0 saturated heterocycles. The van der Waals surface area contributed by atoms with Crippen molar-refractivity contribution in [2.45, 2.75) is 20.0 Å². The van der Waals surface area contributed by atoms with Crippen LogP contribution in [0.1, 0.15) is 23.6 Å². The van der Waals surface area contributed by atoms with E-state index in [4.69, 9.17) is 10.00 Å². The zero-order chi connectivity index (χ0) is 12.8. The third-order valence-electron chi connectivity index (χ3n) is 2.26. The largest absolute Gasteiger partial charge is 0.466 e. The maximum Gasteiger partial charge on any atom is 0.310 e. The Morgan fingerprint density at radius 1 is 1.59 bits per heavy atom. The van der Waals surface area contributed by atoms with Crippen molar-refractivity contribution in [3.8, 4) is 6.07 Å². The number of hydrogen-bond donors (Lipinski definition) is 1. The number of halogens is 1. The molecule has 1 N–H and O–H groups in total. The number of esters is 1. The molecule has 0 radical (unpaired) electrons. The zero-order valence-electron chi connectivity index (χ0n) is 9.36. The second-order valence-corrected chi connectivity index (χ2v) is 4.11. The molecule has 0 aliphatic rings. The summed E-state index contributed by atoms with van der Waals surface area (Å²) < 4.78 is 5.37. The zero-order valence-corrected chi connectivity index (χ0v) is 11.0. The molecular weight excluding hydrogens is 286 g/mol. The molecule has 4 nitrogen and oxygen atoms in total. The monoisotopic (exact) mass is 297 g/mol. The summed E-state index contributed by atoms with van der Waals surface area (Å²) in [7, 11) is 0. The summed E-state index contributed by atoms with van der Waals surface area (Å²) in [6.07, 6.45) is 0.0913. The van der Waals surface area contributed by atoms with E-state index in [0.29, 0.717) is 27.8 Å². The SMILES string of the molecule is CCOC(=O)Cc1ccc(C#N)c(Br)c1CO. The van der Waals surface area contributed by atoms with Crippen LogP contribution in [0.2, 0.25) is 0 Å². The van der Waals surface area contributed by atoms with Gasteiger partial charge in [-0.15, -0.1) is 0 Å². The Balaban J connectivity index is 3.05. The van der Waals surface area contributed by atoms with E-state index in [1.807, 2.05) is 6.07 Å². The second-order valence-electron chi connectivity index (χ2n) is 3.32. The van der Waals surface area contributed by atoms with Crippen LogP contribution in [0.15, 0.2) is 16.6 Å². The van der Waals surface area contributed by atoms with E-state index in [2.05, 4.69) is 15.9 Å². The lowest BCUT2D eigenvalue weighted by atomic mass is 10.0. The molecule has 0 spiro atoms. The van der Waals surface area contributed by atoms with Gasteiger partial charge in [-0.25, -0.2) is 0 Å². The Bertz CT molecular complexity index is 466. The number of nitriles is 1. The fourth-order valence-corrected chi connectivity index (χ4v) is 2.05. The Morgan fingerprint density at radius 2 is 2.29 bits per heavy atom. The molecule has 5 heteroatoms. The maximum absolute atomic E-state index is 11.4. The van der Waals surface area contributed by atoms with Gasteiger partial charge in [-0.2, -0.15) is 5.26 Å². The van der Waals surface area contributed by atoms with Crippen molar-refractivity contribution in [1.29, 1.82) is 5.26 Å². The third-order valence-corrected chi connectivity index (χ3v) is 3.16. The molecule has 1 aromatic carbocycles. The average Bonchev–Trinajstić information content (AvgIpc) is 2.30. The van der Waals surface area contributed by atoms with E-state index in [1.54, 1.807) is 19.1 Å². The summed E-state index contributed by atoms with van der Waals surface area (Å²) in [5.74, 6) is -0.348. The molecule has 0 heterocycles. The number of hydrogen-bond acceptors (Lipinski definition) is 4. The number of nitrogens with zero attached hydrogens (tertiary/aromatic N) is 1. The van der Waals surface area contributed by atoms with Crippen LogP contribution in [0.5, 0.6) is 0 Å². The first-order chi connectivity index (χ1) is 8.13. The van der Waals surface area contributed by atoms with Gasteiger partial charge in [0.15, 0.2) is 0 Å². The molecule has 0 amide bonds. The number of ether oxygens (including phenoxy) is 1. The molecule has 17 heavy (non-hydrogen) atoms. The van der Waals surface area contributed by atoms with Gasteiger partial charge in [-0.05, 0) is 40.0 Å². The van der Waals surface area contributed by atoms with Gasteiger partial charge in [0.25, 0.3) is 0 Å². The third kappa shape index (κ3) is 3.29. The van der Waals surface area contributed by atoms with Crippen molar-refractivity contribution in [3.05, 3.63) is 33.3 Å². The quantitative estimate of drug-likeness (QED) is 0.862. The Labute approximate surface area is 108 Å². The van der Waals surface area contributed by atoms with Gasteiger partial charge in [0.05, 0.1) is 25.2 Å². The molecular formula is C12H12BrNO3. The molecule has 0 aliphatic heterocycles. The lowest BCUT2D eigenvalue weighted by Gasteiger charge is -2.10. The highest BCUT2D eigenvalue weighted by Crippen LogP contribution is 2.25. The summed E-state index contributed by atoms with van der Waals surface area (Å²) in [6, 6.07) is 5.27. The van der Waals surface area contributed by atoms with E-state index < -0.39 is 0 Å². The van der Waals surface area contributed by atoms with Crippen LogP contribution in [-0.4, -0.2) is 17.7 Å². The first-order valence-corrected chi connectivity index (χ1v) is 5.90. The predicted molar refractivity (Wildman–Crippen MR) is 65.1 cm³/mol. The van der Waals surface area contributed by atoms with Crippen LogP contribution in [0.25, 0.3) is 0 Å². The van der Waals surface area contributed by atoms with Crippen LogP contribution in [0.3, 0.4) is 0 Å². The number of aliphatic hydroxyl groups excluding tert-OH is 1. The van der Waals surface area contributed by atoms with E-state index in [1.165, 1.54) is 0 Å². The average molecular weight is 298 g/mol. The number of carbonyl (C=O) groups is 1. The van der Waals surface area contributed by atoms with Crippen LogP contribution in [-0.2, 0) is 22.6 Å². The van der Waals surface area contributed by atoms with Gasteiger partial charge in [-0.1, -0.05) is 6.07 Å². The minimum Gasteiger partial charge on any atom is -0.466 e. The van der Waals surface area contributed by atoms with Gasteiger partial charge in [0.1, 0.15) is 6.07 Å². The maximum atomic E-state index is 11.4. The molecule has 1 rings (SSSR count). The molecule has 0 atom stereocenters. The number of benzene rings is 1. The summed E-state index contributed by atoms with van der Waals surface area (Å²) >= 11 is 3.25. The fourth-order valence-electron chi connectivity index (χ4n) is 1.45. The van der Waals surface area contributed by atoms with Gasteiger partial charge in [0.2, 0.25) is 0 Å². The van der Waals surface area contributed by atoms with Crippen molar-refractivity contribution >= 4 is 21.9 Å². The fraction of sp³-hybridized carbons (Fsp3) is 0.333. The van der Waals surface area contributed by atoms with E-state index in [9.17, 15) is 9.90 Å². The molecule has 0 bridgehead atoms. The Hall–Kier alpha value is -1.38. The minimum atomic E-state index is -0.348. The standard InChI is InChI=1S/C12H12BrNO3/c1-2-17-11(16)5-8-3-4-9(6-14)12(13)10(8)7-15/h3-4,15H,2,5,7H2,1H3. The first-order valence-electron chi connectivity index (χ1n) is 5.10. The molecule has 0 aliphatic carbocycles. The van der Waals surface area contributed by atoms with Crippen molar-refractivity contribution in [3.63, 3.8) is 0 Å². The number of carbonyl (C=O) groups excluding carboxylic acids is 1. The molecule has 1 aromatic rings. The molecule has 0 unspecified atom stereocenters. The lowest BCUT2D eigenvalue weighted by Crippen LogP contribution is -2.10. The normalized spacial score (nSPS) is 9.76. The highest BCUT2D eigenvalue weighted by molar-refractivity contribution is 9.10. The van der Waals surface area contributed by atoms with Crippen LogP contribution >= 0.6 is 15.9 Å². The molecule has 0 aromatic heterocycles. The molecule has 0 saturated carbocycles. The smallest absolute Gasteiger partial charge is 0.310 e. The first kappa shape index (κ1) is 13.7. The Kier molecular flexibility index (Phi) is 5.13.